The molecule has 102 valence electrons. The molecule has 0 bridgehead atoms. The van der Waals surface area contributed by atoms with Gasteiger partial charge < -0.3 is 10.6 Å². The Morgan fingerprint density at radius 2 is 2.05 bits per heavy atom. The van der Waals surface area contributed by atoms with Crippen molar-refractivity contribution in [1.29, 1.82) is 0 Å². The first-order chi connectivity index (χ1) is 9.65. The Morgan fingerprint density at radius 1 is 1.25 bits per heavy atom. The summed E-state index contributed by atoms with van der Waals surface area (Å²) in [7, 11) is 0. The lowest BCUT2D eigenvalue weighted by molar-refractivity contribution is -0.116. The minimum absolute atomic E-state index is 0.00694. The molecule has 1 aliphatic rings. The average molecular weight is 331 g/mol. The summed E-state index contributed by atoms with van der Waals surface area (Å²) in [5, 5.41) is 6.24. The monoisotopic (exact) mass is 330 g/mol. The highest BCUT2D eigenvalue weighted by atomic mass is 79.9. The summed E-state index contributed by atoms with van der Waals surface area (Å²) in [6.45, 7) is 2.00. The predicted molar refractivity (Wildman–Crippen MR) is 85.1 cm³/mol. The van der Waals surface area contributed by atoms with Crippen LogP contribution in [0.15, 0.2) is 46.9 Å². The summed E-state index contributed by atoms with van der Waals surface area (Å²) in [6, 6.07) is 13.7. The standard InChI is InChI=1S/C16H15BrN2O/c1-10-5-4-8-13(15(10)17)19-16(20)14-9-11-6-2-3-7-12(11)18-14/h2-8,14,18H,9H2,1H3,(H,19,20). The second-order valence-electron chi connectivity index (χ2n) is 4.98. The van der Waals surface area contributed by atoms with E-state index in [0.29, 0.717) is 0 Å². The second-order valence-corrected chi connectivity index (χ2v) is 5.78. The Morgan fingerprint density at radius 3 is 2.85 bits per heavy atom. The molecule has 0 spiro atoms. The molecular formula is C16H15BrN2O. The van der Waals surface area contributed by atoms with E-state index in [4.69, 9.17) is 0 Å². The van der Waals surface area contributed by atoms with E-state index in [-0.39, 0.29) is 11.9 Å². The molecule has 2 aromatic carbocycles. The summed E-state index contributed by atoms with van der Waals surface area (Å²) in [5.74, 6) is -0.00694. The SMILES string of the molecule is Cc1cccc(NC(=O)C2Cc3ccccc3N2)c1Br. The highest BCUT2D eigenvalue weighted by Crippen LogP contribution is 2.28. The van der Waals surface area contributed by atoms with Crippen molar-refractivity contribution >= 4 is 33.2 Å². The summed E-state index contributed by atoms with van der Waals surface area (Å²) < 4.78 is 0.934. The average Bonchev–Trinajstić information content (AvgIpc) is 2.88. The lowest BCUT2D eigenvalue weighted by Gasteiger charge is -2.14. The van der Waals surface area contributed by atoms with Gasteiger partial charge in [0, 0.05) is 16.6 Å². The fourth-order valence-corrected chi connectivity index (χ4v) is 2.78. The van der Waals surface area contributed by atoms with E-state index in [1.54, 1.807) is 0 Å². The van der Waals surface area contributed by atoms with Crippen molar-refractivity contribution in [2.24, 2.45) is 0 Å². The molecule has 3 nitrogen and oxygen atoms in total. The van der Waals surface area contributed by atoms with Gasteiger partial charge in [0.15, 0.2) is 0 Å². The lowest BCUT2D eigenvalue weighted by atomic mass is 10.1. The molecule has 1 atom stereocenters. The molecule has 0 fully saturated rings. The summed E-state index contributed by atoms with van der Waals surface area (Å²) in [6.07, 6.45) is 0.728. The third-order valence-corrected chi connectivity index (χ3v) is 4.59. The lowest BCUT2D eigenvalue weighted by Crippen LogP contribution is -2.32. The number of carbonyl (C=O) groups excluding carboxylic acids is 1. The van der Waals surface area contributed by atoms with Crippen LogP contribution in [-0.4, -0.2) is 11.9 Å². The Bertz CT molecular complexity index is 644. The van der Waals surface area contributed by atoms with Crippen LogP contribution >= 0.6 is 15.9 Å². The Kier molecular flexibility index (Phi) is 3.49. The van der Waals surface area contributed by atoms with Crippen LogP contribution in [0.5, 0.6) is 0 Å². The van der Waals surface area contributed by atoms with Gasteiger partial charge in [-0.25, -0.2) is 0 Å². The highest BCUT2D eigenvalue weighted by molar-refractivity contribution is 9.10. The molecule has 1 aliphatic heterocycles. The van der Waals surface area contributed by atoms with Gasteiger partial charge in [0.25, 0.3) is 0 Å². The number of rotatable bonds is 2. The van der Waals surface area contributed by atoms with E-state index in [2.05, 4.69) is 32.6 Å². The molecule has 3 rings (SSSR count). The molecule has 20 heavy (non-hydrogen) atoms. The first kappa shape index (κ1) is 13.2. The van der Waals surface area contributed by atoms with Gasteiger partial charge in [-0.1, -0.05) is 30.3 Å². The summed E-state index contributed by atoms with van der Waals surface area (Å²) in [5.41, 5.74) is 4.16. The van der Waals surface area contributed by atoms with Gasteiger partial charge in [-0.2, -0.15) is 0 Å². The number of para-hydroxylation sites is 1. The van der Waals surface area contributed by atoms with E-state index < -0.39 is 0 Å². The van der Waals surface area contributed by atoms with E-state index >= 15 is 0 Å². The first-order valence-corrected chi connectivity index (χ1v) is 7.35. The van der Waals surface area contributed by atoms with Crippen molar-refractivity contribution < 1.29 is 4.79 Å². The van der Waals surface area contributed by atoms with Gasteiger partial charge >= 0.3 is 0 Å². The molecule has 4 heteroatoms. The van der Waals surface area contributed by atoms with Crippen LogP contribution in [0.2, 0.25) is 0 Å². The molecule has 0 aliphatic carbocycles. The smallest absolute Gasteiger partial charge is 0.247 e. The summed E-state index contributed by atoms with van der Waals surface area (Å²) >= 11 is 3.51. The second kappa shape index (κ2) is 5.29. The van der Waals surface area contributed by atoms with Crippen LogP contribution in [0.3, 0.4) is 0 Å². The molecular weight excluding hydrogens is 316 g/mol. The Labute approximate surface area is 126 Å². The molecule has 2 N–H and O–H groups in total. The molecule has 0 aromatic heterocycles. The number of fused-ring (bicyclic) bond motifs is 1. The molecule has 0 saturated carbocycles. The van der Waals surface area contributed by atoms with E-state index in [0.717, 1.165) is 27.8 Å². The van der Waals surface area contributed by atoms with Gasteiger partial charge in [-0.15, -0.1) is 0 Å². The zero-order valence-corrected chi connectivity index (χ0v) is 12.7. The number of carbonyl (C=O) groups is 1. The van der Waals surface area contributed by atoms with Crippen molar-refractivity contribution in [2.45, 2.75) is 19.4 Å². The zero-order valence-electron chi connectivity index (χ0n) is 11.1. The van der Waals surface area contributed by atoms with Crippen molar-refractivity contribution in [3.8, 4) is 0 Å². The molecule has 1 amide bonds. The molecule has 1 unspecified atom stereocenters. The Balaban J connectivity index is 1.74. The van der Waals surface area contributed by atoms with Gasteiger partial charge in [0.1, 0.15) is 6.04 Å². The fraction of sp³-hybridized carbons (Fsp3) is 0.188. The number of benzene rings is 2. The van der Waals surface area contributed by atoms with E-state index in [1.165, 1.54) is 5.56 Å². The Hall–Kier alpha value is -1.81. The first-order valence-electron chi connectivity index (χ1n) is 6.55. The van der Waals surface area contributed by atoms with E-state index in [1.807, 2.05) is 43.3 Å². The van der Waals surface area contributed by atoms with Crippen LogP contribution in [-0.2, 0) is 11.2 Å². The van der Waals surface area contributed by atoms with Gasteiger partial charge in [0.2, 0.25) is 5.91 Å². The largest absolute Gasteiger partial charge is 0.373 e. The summed E-state index contributed by atoms with van der Waals surface area (Å²) in [4.78, 5) is 12.4. The number of nitrogens with one attached hydrogen (secondary N) is 2. The van der Waals surface area contributed by atoms with Crippen molar-refractivity contribution in [3.05, 3.63) is 58.1 Å². The molecule has 0 radical (unpaired) electrons. The van der Waals surface area contributed by atoms with Crippen LogP contribution in [0.25, 0.3) is 0 Å². The minimum Gasteiger partial charge on any atom is -0.373 e. The number of halogens is 1. The molecule has 1 heterocycles. The fourth-order valence-electron chi connectivity index (χ4n) is 2.42. The van der Waals surface area contributed by atoms with Gasteiger partial charge in [-0.3, -0.25) is 4.79 Å². The number of hydrogen-bond donors (Lipinski definition) is 2. The number of aryl methyl sites for hydroxylation is 1. The normalized spacial score (nSPS) is 16.4. The third kappa shape index (κ3) is 2.43. The molecule has 0 saturated heterocycles. The number of hydrogen-bond acceptors (Lipinski definition) is 2. The van der Waals surface area contributed by atoms with Crippen LogP contribution in [0.1, 0.15) is 11.1 Å². The zero-order chi connectivity index (χ0) is 14.1. The number of anilines is 2. The maximum atomic E-state index is 12.4. The van der Waals surface area contributed by atoms with E-state index in [9.17, 15) is 4.79 Å². The topological polar surface area (TPSA) is 41.1 Å². The van der Waals surface area contributed by atoms with Gasteiger partial charge in [0.05, 0.1) is 5.69 Å². The minimum atomic E-state index is -0.209. The molecule has 2 aromatic rings. The third-order valence-electron chi connectivity index (χ3n) is 3.54. The number of amides is 1. The van der Waals surface area contributed by atoms with Crippen molar-refractivity contribution in [3.63, 3.8) is 0 Å². The van der Waals surface area contributed by atoms with Crippen molar-refractivity contribution in [1.82, 2.24) is 0 Å². The van der Waals surface area contributed by atoms with Crippen LogP contribution in [0.4, 0.5) is 11.4 Å². The van der Waals surface area contributed by atoms with Crippen LogP contribution < -0.4 is 10.6 Å². The highest BCUT2D eigenvalue weighted by Gasteiger charge is 2.26. The predicted octanol–water partition coefficient (Wildman–Crippen LogP) is 3.73. The van der Waals surface area contributed by atoms with Crippen molar-refractivity contribution in [2.75, 3.05) is 10.6 Å². The van der Waals surface area contributed by atoms with Gasteiger partial charge in [-0.05, 0) is 46.1 Å². The maximum absolute atomic E-state index is 12.4. The maximum Gasteiger partial charge on any atom is 0.247 e. The quantitative estimate of drug-likeness (QED) is 0.880. The van der Waals surface area contributed by atoms with Crippen LogP contribution in [0, 0.1) is 6.92 Å².